The molecule has 0 amide bonds. The van der Waals surface area contributed by atoms with Crippen LogP contribution in [0.15, 0.2) is 67.2 Å². The largest absolute Gasteiger partial charge is 1.00 e. The average molecular weight is 284 g/mol. The minimum absolute atomic E-state index is 0. The van der Waals surface area contributed by atoms with E-state index in [0.29, 0.717) is 5.56 Å². The van der Waals surface area contributed by atoms with Crippen molar-refractivity contribution in [3.05, 3.63) is 72.8 Å². The van der Waals surface area contributed by atoms with Gasteiger partial charge in [-0.15, -0.1) is 0 Å². The van der Waals surface area contributed by atoms with Gasteiger partial charge in [-0.1, -0.05) is 55.1 Å². The first-order chi connectivity index (χ1) is 8.59. The van der Waals surface area contributed by atoms with E-state index in [1.54, 1.807) is 60.7 Å². The summed E-state index contributed by atoms with van der Waals surface area (Å²) >= 11 is 0. The molecule has 5 heteroatoms. The fourth-order valence-corrected chi connectivity index (χ4v) is 2.31. The Morgan fingerprint density at radius 3 is 1.95 bits per heavy atom. The predicted molar refractivity (Wildman–Crippen MR) is 72.6 cm³/mol. The van der Waals surface area contributed by atoms with Crippen LogP contribution in [0.1, 0.15) is 6.99 Å². The van der Waals surface area contributed by atoms with Crippen molar-refractivity contribution in [1.82, 2.24) is 0 Å². The van der Waals surface area contributed by atoms with E-state index in [2.05, 4.69) is 6.58 Å². The molecule has 0 N–H and O–H groups in total. The van der Waals surface area contributed by atoms with Crippen molar-refractivity contribution in [2.45, 2.75) is 0 Å². The Hall–Kier alpha value is -1.07. The Labute approximate surface area is 136 Å². The van der Waals surface area contributed by atoms with Crippen molar-refractivity contribution < 1.29 is 43.6 Å². The molecule has 2 aromatic carbocycles. The van der Waals surface area contributed by atoms with Crippen LogP contribution in [0.4, 0.5) is 0 Å². The van der Waals surface area contributed by atoms with Gasteiger partial charge >= 0.3 is 39.7 Å². The van der Waals surface area contributed by atoms with Crippen LogP contribution in [0, 0.1) is 0 Å². The van der Waals surface area contributed by atoms with E-state index in [1.807, 2.05) is 0 Å². The van der Waals surface area contributed by atoms with Gasteiger partial charge in [0, 0.05) is 0 Å². The summed E-state index contributed by atoms with van der Waals surface area (Å²) in [5, 5.41) is 0. The fourth-order valence-electron chi connectivity index (χ4n) is 1.42. The molecule has 3 nitrogen and oxygen atoms in total. The molecule has 0 aliphatic rings. The summed E-state index contributed by atoms with van der Waals surface area (Å²) in [7, 11) is -3.86. The fraction of sp³-hybridized carbons (Fsp3) is 0. The van der Waals surface area contributed by atoms with Crippen LogP contribution in [0.2, 0.25) is 0 Å². The normalized spacial score (nSPS) is 10.3. The van der Waals surface area contributed by atoms with Gasteiger partial charge in [-0.05, 0) is 17.7 Å². The summed E-state index contributed by atoms with van der Waals surface area (Å²) < 4.78 is 28.9. The standard InChI is InChI=1S/C14H12O3S.Na.H/c1-12(13-8-4-2-5-9-13)18(15,16)17-14-10-6-3-7-11-14;;/h2-11H,1H2;;/q;+1;-1. The second kappa shape index (κ2) is 6.91. The third-order valence-electron chi connectivity index (χ3n) is 2.35. The zero-order valence-electron chi connectivity index (χ0n) is 11.6. The van der Waals surface area contributed by atoms with E-state index in [-0.39, 0.29) is 41.6 Å². The predicted octanol–water partition coefficient (Wildman–Crippen LogP) is 0.183. The number of benzene rings is 2. The summed E-state index contributed by atoms with van der Waals surface area (Å²) in [6.45, 7) is 3.58. The Balaban J connectivity index is 0.00000180. The second-order valence-corrected chi connectivity index (χ2v) is 5.21. The first kappa shape index (κ1) is 16.0. The molecule has 0 saturated carbocycles. The number of rotatable bonds is 4. The topological polar surface area (TPSA) is 43.4 Å². The summed E-state index contributed by atoms with van der Waals surface area (Å²) in [6, 6.07) is 17.0. The smallest absolute Gasteiger partial charge is 1.00 e. The van der Waals surface area contributed by atoms with Gasteiger partial charge in [0.2, 0.25) is 0 Å². The average Bonchev–Trinajstić information content (AvgIpc) is 2.39. The maximum atomic E-state index is 12.0. The van der Waals surface area contributed by atoms with Crippen LogP contribution in [-0.2, 0) is 10.1 Å². The first-order valence-corrected chi connectivity index (χ1v) is 6.74. The van der Waals surface area contributed by atoms with Crippen molar-refractivity contribution in [1.29, 1.82) is 0 Å². The maximum absolute atomic E-state index is 12.0. The van der Waals surface area contributed by atoms with Gasteiger partial charge in [0.15, 0.2) is 0 Å². The minimum Gasteiger partial charge on any atom is -1.00 e. The van der Waals surface area contributed by atoms with Crippen LogP contribution in [0.25, 0.3) is 4.91 Å². The van der Waals surface area contributed by atoms with Crippen LogP contribution in [-0.4, -0.2) is 8.42 Å². The van der Waals surface area contributed by atoms with Gasteiger partial charge in [-0.25, -0.2) is 0 Å². The van der Waals surface area contributed by atoms with Crippen LogP contribution < -0.4 is 33.7 Å². The Morgan fingerprint density at radius 1 is 0.947 bits per heavy atom. The zero-order valence-corrected chi connectivity index (χ0v) is 13.4. The van der Waals surface area contributed by atoms with Crippen molar-refractivity contribution in [2.24, 2.45) is 0 Å². The van der Waals surface area contributed by atoms with Crippen molar-refractivity contribution in [3.63, 3.8) is 0 Å². The van der Waals surface area contributed by atoms with Gasteiger partial charge in [0.25, 0.3) is 0 Å². The zero-order chi connectivity index (χ0) is 13.0. The van der Waals surface area contributed by atoms with E-state index in [9.17, 15) is 8.42 Å². The van der Waals surface area contributed by atoms with Gasteiger partial charge in [-0.3, -0.25) is 0 Å². The molecule has 0 aliphatic carbocycles. The second-order valence-electron chi connectivity index (χ2n) is 3.64. The molecule has 0 aliphatic heterocycles. The van der Waals surface area contributed by atoms with Crippen LogP contribution >= 0.6 is 0 Å². The van der Waals surface area contributed by atoms with Gasteiger partial charge in [-0.2, -0.15) is 8.42 Å². The summed E-state index contributed by atoms with van der Waals surface area (Å²) in [4.78, 5) is -0.0491. The Morgan fingerprint density at radius 2 is 1.42 bits per heavy atom. The van der Waals surface area contributed by atoms with Crippen LogP contribution in [0.3, 0.4) is 0 Å². The summed E-state index contributed by atoms with van der Waals surface area (Å²) in [5.74, 6) is 0.273. The molecule has 0 aromatic heterocycles. The van der Waals surface area contributed by atoms with E-state index in [4.69, 9.17) is 4.18 Å². The molecule has 2 aromatic rings. The third-order valence-corrected chi connectivity index (χ3v) is 3.60. The molecule has 94 valence electrons. The van der Waals surface area contributed by atoms with Crippen molar-refractivity contribution in [2.75, 3.05) is 0 Å². The van der Waals surface area contributed by atoms with Gasteiger partial charge in [0.05, 0.1) is 0 Å². The number of hydrogen-bond acceptors (Lipinski definition) is 3. The molecule has 0 heterocycles. The molecule has 0 fully saturated rings. The summed E-state index contributed by atoms with van der Waals surface area (Å²) in [6.07, 6.45) is 0. The van der Waals surface area contributed by atoms with Crippen molar-refractivity contribution >= 4 is 15.0 Å². The SMILES string of the molecule is C=C(c1ccccc1)S(=O)(=O)Oc1ccccc1.[H-].[Na+]. The van der Waals surface area contributed by atoms with E-state index in [0.717, 1.165) is 0 Å². The molecule has 0 spiro atoms. The molecule has 0 atom stereocenters. The van der Waals surface area contributed by atoms with E-state index < -0.39 is 10.1 Å². The molecule has 19 heavy (non-hydrogen) atoms. The number of hydrogen-bond donors (Lipinski definition) is 0. The molecule has 2 rings (SSSR count). The third kappa shape index (κ3) is 4.21. The monoisotopic (exact) mass is 284 g/mol. The van der Waals surface area contributed by atoms with E-state index >= 15 is 0 Å². The molecule has 0 radical (unpaired) electrons. The molecule has 0 bridgehead atoms. The van der Waals surface area contributed by atoms with Gasteiger partial charge in [0.1, 0.15) is 10.7 Å². The Bertz CT molecular complexity index is 643. The number of para-hydroxylation sites is 1. The molecular formula is C14H13NaO3S. The molecule has 0 saturated heterocycles. The quantitative estimate of drug-likeness (QED) is 0.594. The van der Waals surface area contributed by atoms with Gasteiger partial charge < -0.3 is 5.61 Å². The molecule has 0 unspecified atom stereocenters. The Kier molecular flexibility index (Phi) is 5.82. The maximum Gasteiger partial charge on any atom is 1.00 e. The first-order valence-electron chi connectivity index (χ1n) is 5.33. The van der Waals surface area contributed by atoms with Crippen molar-refractivity contribution in [3.8, 4) is 5.75 Å². The van der Waals surface area contributed by atoms with Crippen LogP contribution in [0.5, 0.6) is 5.75 Å². The minimum atomic E-state index is -3.86. The molecular weight excluding hydrogens is 271 g/mol. The van der Waals surface area contributed by atoms with E-state index in [1.165, 1.54) is 0 Å². The summed E-state index contributed by atoms with van der Waals surface area (Å²) in [5.41, 5.74) is 0.522.